The molecule has 1 rings (SSSR count). The van der Waals surface area contributed by atoms with Gasteiger partial charge in [0.2, 0.25) is 0 Å². The average Bonchev–Trinajstić information content (AvgIpc) is 2.07. The number of aldehydes is 1. The van der Waals surface area contributed by atoms with Crippen LogP contribution in [0.15, 0.2) is 18.2 Å². The molecule has 0 atom stereocenters. The van der Waals surface area contributed by atoms with Crippen molar-refractivity contribution >= 4 is 6.29 Å². The first-order valence-electron chi connectivity index (χ1n) is 3.96. The average molecular weight is 164 g/mol. The van der Waals surface area contributed by atoms with E-state index in [0.29, 0.717) is 18.6 Å². The van der Waals surface area contributed by atoms with Crippen LogP contribution in [-0.2, 0) is 11.2 Å². The molecule has 0 bridgehead atoms. The number of phenolic OH excluding ortho intramolecular Hbond substituents is 1. The lowest BCUT2D eigenvalue weighted by molar-refractivity contribution is -0.107. The second-order valence-electron chi connectivity index (χ2n) is 2.83. The van der Waals surface area contributed by atoms with Gasteiger partial charge in [-0.2, -0.15) is 0 Å². The van der Waals surface area contributed by atoms with Gasteiger partial charge in [-0.15, -0.1) is 0 Å². The summed E-state index contributed by atoms with van der Waals surface area (Å²) in [7, 11) is 0. The maximum absolute atomic E-state index is 10.1. The molecule has 0 spiro atoms. The molecule has 64 valence electrons. The number of benzene rings is 1. The lowest BCUT2D eigenvalue weighted by atomic mass is 10.1. The van der Waals surface area contributed by atoms with Crippen molar-refractivity contribution < 1.29 is 9.90 Å². The zero-order chi connectivity index (χ0) is 8.97. The van der Waals surface area contributed by atoms with Crippen molar-refractivity contribution in [2.45, 2.75) is 19.8 Å². The monoisotopic (exact) mass is 164 g/mol. The normalized spacial score (nSPS) is 9.75. The summed E-state index contributed by atoms with van der Waals surface area (Å²) in [5.74, 6) is 0.304. The molecule has 0 aliphatic rings. The highest BCUT2D eigenvalue weighted by molar-refractivity contribution is 5.50. The molecule has 1 aromatic carbocycles. The first kappa shape index (κ1) is 8.78. The molecule has 0 aromatic heterocycles. The lowest BCUT2D eigenvalue weighted by Gasteiger charge is -2.01. The summed E-state index contributed by atoms with van der Waals surface area (Å²) in [6.45, 7) is 1.85. The molecule has 1 N–H and O–H groups in total. The van der Waals surface area contributed by atoms with Crippen molar-refractivity contribution in [1.29, 1.82) is 0 Å². The number of rotatable bonds is 3. The van der Waals surface area contributed by atoms with E-state index in [-0.39, 0.29) is 0 Å². The van der Waals surface area contributed by atoms with Gasteiger partial charge in [0.15, 0.2) is 0 Å². The van der Waals surface area contributed by atoms with E-state index in [0.717, 1.165) is 17.4 Å². The minimum atomic E-state index is 0.304. The summed E-state index contributed by atoms with van der Waals surface area (Å²) in [6.07, 6.45) is 2.11. The van der Waals surface area contributed by atoms with Crippen LogP contribution in [0.5, 0.6) is 5.75 Å². The van der Waals surface area contributed by atoms with Gasteiger partial charge in [-0.3, -0.25) is 0 Å². The third-order valence-corrected chi connectivity index (χ3v) is 1.82. The number of phenols is 1. The van der Waals surface area contributed by atoms with Gasteiger partial charge in [0.05, 0.1) is 0 Å². The van der Waals surface area contributed by atoms with Gasteiger partial charge in [0.25, 0.3) is 0 Å². The molecule has 0 amide bonds. The molecular formula is C10H12O2. The van der Waals surface area contributed by atoms with E-state index in [9.17, 15) is 9.90 Å². The van der Waals surface area contributed by atoms with E-state index in [2.05, 4.69) is 0 Å². The van der Waals surface area contributed by atoms with Crippen molar-refractivity contribution in [3.05, 3.63) is 29.3 Å². The molecule has 1 aromatic rings. The summed E-state index contributed by atoms with van der Waals surface area (Å²) in [5, 5.41) is 9.31. The number of carbonyl (C=O) groups is 1. The predicted octanol–water partition coefficient (Wildman–Crippen LogP) is 1.83. The zero-order valence-electron chi connectivity index (χ0n) is 7.08. The van der Waals surface area contributed by atoms with Gasteiger partial charge in [-0.05, 0) is 30.5 Å². The third-order valence-electron chi connectivity index (χ3n) is 1.82. The number of aromatic hydroxyl groups is 1. The van der Waals surface area contributed by atoms with Crippen LogP contribution in [0.3, 0.4) is 0 Å². The van der Waals surface area contributed by atoms with Crippen LogP contribution in [0.4, 0.5) is 0 Å². The Morgan fingerprint density at radius 3 is 2.83 bits per heavy atom. The smallest absolute Gasteiger partial charge is 0.120 e. The van der Waals surface area contributed by atoms with Crippen LogP contribution in [0.2, 0.25) is 0 Å². The largest absolute Gasteiger partial charge is 0.508 e. The summed E-state index contributed by atoms with van der Waals surface area (Å²) in [5.41, 5.74) is 1.87. The van der Waals surface area contributed by atoms with E-state index in [1.807, 2.05) is 19.1 Å². The first-order valence-corrected chi connectivity index (χ1v) is 3.96. The molecule has 12 heavy (non-hydrogen) atoms. The quantitative estimate of drug-likeness (QED) is 0.692. The van der Waals surface area contributed by atoms with Crippen LogP contribution in [-0.4, -0.2) is 11.4 Å². The van der Waals surface area contributed by atoms with Crippen molar-refractivity contribution in [1.82, 2.24) is 0 Å². The van der Waals surface area contributed by atoms with E-state index in [1.54, 1.807) is 6.07 Å². The van der Waals surface area contributed by atoms with Crippen molar-refractivity contribution in [2.75, 3.05) is 0 Å². The first-order chi connectivity index (χ1) is 5.74. The molecule has 2 nitrogen and oxygen atoms in total. The van der Waals surface area contributed by atoms with E-state index >= 15 is 0 Å². The highest BCUT2D eigenvalue weighted by atomic mass is 16.3. The van der Waals surface area contributed by atoms with Gasteiger partial charge in [-0.1, -0.05) is 12.1 Å². The fourth-order valence-corrected chi connectivity index (χ4v) is 1.04. The van der Waals surface area contributed by atoms with Crippen molar-refractivity contribution in [2.24, 2.45) is 0 Å². The maximum atomic E-state index is 10.1. The van der Waals surface area contributed by atoms with Crippen LogP contribution >= 0.6 is 0 Å². The molecule has 0 radical (unpaired) electrons. The summed E-state index contributed by atoms with van der Waals surface area (Å²) < 4.78 is 0. The van der Waals surface area contributed by atoms with Crippen LogP contribution in [0.1, 0.15) is 17.5 Å². The van der Waals surface area contributed by atoms with Gasteiger partial charge in [-0.25, -0.2) is 0 Å². The van der Waals surface area contributed by atoms with Crippen LogP contribution < -0.4 is 0 Å². The number of carbonyl (C=O) groups excluding carboxylic acids is 1. The second kappa shape index (κ2) is 3.90. The minimum Gasteiger partial charge on any atom is -0.508 e. The summed E-state index contributed by atoms with van der Waals surface area (Å²) in [6, 6.07) is 5.49. The fourth-order valence-electron chi connectivity index (χ4n) is 1.04. The maximum Gasteiger partial charge on any atom is 0.120 e. The number of aryl methyl sites for hydroxylation is 2. The highest BCUT2D eigenvalue weighted by Crippen LogP contribution is 2.17. The highest BCUT2D eigenvalue weighted by Gasteiger charge is 1.97. The Kier molecular flexibility index (Phi) is 2.86. The second-order valence-corrected chi connectivity index (χ2v) is 2.83. The predicted molar refractivity (Wildman–Crippen MR) is 47.2 cm³/mol. The Morgan fingerprint density at radius 1 is 1.50 bits per heavy atom. The van der Waals surface area contributed by atoms with Gasteiger partial charge in [0, 0.05) is 6.42 Å². The topological polar surface area (TPSA) is 37.3 Å². The van der Waals surface area contributed by atoms with Crippen molar-refractivity contribution in [3.8, 4) is 5.75 Å². The number of hydrogen-bond donors (Lipinski definition) is 1. The zero-order valence-corrected chi connectivity index (χ0v) is 7.08. The Hall–Kier alpha value is -1.31. The molecule has 0 fully saturated rings. The molecular weight excluding hydrogens is 152 g/mol. The minimum absolute atomic E-state index is 0.304. The summed E-state index contributed by atoms with van der Waals surface area (Å²) >= 11 is 0. The van der Waals surface area contributed by atoms with Gasteiger partial charge < -0.3 is 9.90 Å². The van der Waals surface area contributed by atoms with E-state index in [1.165, 1.54) is 0 Å². The van der Waals surface area contributed by atoms with Gasteiger partial charge in [0.1, 0.15) is 12.0 Å². The molecule has 0 unspecified atom stereocenters. The fraction of sp³-hybridized carbons (Fsp3) is 0.300. The molecule has 2 heteroatoms. The molecule has 0 aliphatic carbocycles. The van der Waals surface area contributed by atoms with E-state index in [4.69, 9.17) is 0 Å². The third kappa shape index (κ3) is 2.09. The Labute approximate surface area is 71.8 Å². The summed E-state index contributed by atoms with van der Waals surface area (Å²) in [4.78, 5) is 10.1. The Bertz CT molecular complexity index is 279. The lowest BCUT2D eigenvalue weighted by Crippen LogP contribution is -1.86. The standard InChI is InChI=1S/C10H12O2/c1-8-4-5-9(3-2-6-11)7-10(8)12/h4-7,12H,2-3H2,1H3. The Balaban J connectivity index is 2.75. The Morgan fingerprint density at radius 2 is 2.25 bits per heavy atom. The molecule has 0 saturated carbocycles. The van der Waals surface area contributed by atoms with E-state index < -0.39 is 0 Å². The van der Waals surface area contributed by atoms with Crippen LogP contribution in [0, 0.1) is 6.92 Å². The number of hydrogen-bond acceptors (Lipinski definition) is 2. The van der Waals surface area contributed by atoms with Gasteiger partial charge >= 0.3 is 0 Å². The SMILES string of the molecule is Cc1ccc(CCC=O)cc1O. The van der Waals surface area contributed by atoms with Crippen molar-refractivity contribution in [3.63, 3.8) is 0 Å². The molecule has 0 saturated heterocycles. The van der Waals surface area contributed by atoms with Crippen LogP contribution in [0.25, 0.3) is 0 Å². The molecule has 0 aliphatic heterocycles. The molecule has 0 heterocycles.